The van der Waals surface area contributed by atoms with Crippen LogP contribution in [0.3, 0.4) is 0 Å². The molecular weight excluding hydrogens is 284 g/mol. The van der Waals surface area contributed by atoms with Gasteiger partial charge in [-0.2, -0.15) is 4.31 Å². The summed E-state index contributed by atoms with van der Waals surface area (Å²) in [5, 5.41) is 0.351. The minimum Gasteiger partial charge on any atom is -0.398 e. The molecule has 1 fully saturated rings. The molecule has 0 aromatic heterocycles. The first-order valence-corrected chi connectivity index (χ1v) is 8.23. The molecule has 0 heterocycles. The third-order valence-corrected chi connectivity index (χ3v) is 5.78. The quantitative estimate of drug-likeness (QED) is 0.851. The van der Waals surface area contributed by atoms with E-state index in [1.165, 1.54) is 10.4 Å². The van der Waals surface area contributed by atoms with E-state index < -0.39 is 10.0 Å². The number of nitrogen functional groups attached to an aromatic ring is 1. The summed E-state index contributed by atoms with van der Waals surface area (Å²) in [6.07, 6.45) is 2.23. The van der Waals surface area contributed by atoms with Crippen molar-refractivity contribution in [1.82, 2.24) is 4.31 Å². The van der Waals surface area contributed by atoms with Crippen LogP contribution in [-0.2, 0) is 10.0 Å². The van der Waals surface area contributed by atoms with Crippen molar-refractivity contribution >= 4 is 27.3 Å². The Balaban J connectivity index is 2.42. The SMILES string of the molecule is CCN(CC1CC1)S(=O)(=O)c1cc(Cl)cc(N)c1C. The first kappa shape index (κ1) is 14.6. The lowest BCUT2D eigenvalue weighted by Crippen LogP contribution is -2.33. The molecule has 0 spiro atoms. The fourth-order valence-electron chi connectivity index (χ4n) is 2.07. The van der Waals surface area contributed by atoms with Gasteiger partial charge in [-0.3, -0.25) is 0 Å². The Bertz CT molecular complexity index is 583. The number of benzene rings is 1. The highest BCUT2D eigenvalue weighted by atomic mass is 35.5. The largest absolute Gasteiger partial charge is 0.398 e. The van der Waals surface area contributed by atoms with E-state index in [0.717, 1.165) is 12.8 Å². The molecule has 0 amide bonds. The third-order valence-electron chi connectivity index (χ3n) is 3.49. The summed E-state index contributed by atoms with van der Waals surface area (Å²) in [6, 6.07) is 3.06. The second-order valence-corrected chi connectivity index (χ2v) is 7.36. The van der Waals surface area contributed by atoms with Gasteiger partial charge in [-0.25, -0.2) is 8.42 Å². The summed E-state index contributed by atoms with van der Waals surface area (Å²) in [6.45, 7) is 4.61. The molecule has 1 aromatic carbocycles. The molecule has 0 radical (unpaired) electrons. The molecule has 1 saturated carbocycles. The number of rotatable bonds is 5. The Kier molecular flexibility index (Phi) is 4.08. The monoisotopic (exact) mass is 302 g/mol. The van der Waals surface area contributed by atoms with Crippen LogP contribution in [0.2, 0.25) is 5.02 Å². The zero-order valence-corrected chi connectivity index (χ0v) is 12.8. The van der Waals surface area contributed by atoms with Gasteiger partial charge in [0.05, 0.1) is 4.90 Å². The summed E-state index contributed by atoms with van der Waals surface area (Å²) in [5.74, 6) is 0.506. The van der Waals surface area contributed by atoms with Crippen molar-refractivity contribution in [2.24, 2.45) is 5.92 Å². The second kappa shape index (κ2) is 5.31. The van der Waals surface area contributed by atoms with E-state index in [2.05, 4.69) is 0 Å². The highest BCUT2D eigenvalue weighted by Crippen LogP contribution is 2.33. The maximum Gasteiger partial charge on any atom is 0.243 e. The summed E-state index contributed by atoms with van der Waals surface area (Å²) < 4.78 is 26.8. The molecule has 1 aromatic rings. The first-order chi connectivity index (χ1) is 8.86. The van der Waals surface area contributed by atoms with Crippen molar-refractivity contribution in [3.63, 3.8) is 0 Å². The summed E-state index contributed by atoms with van der Waals surface area (Å²) in [5.41, 5.74) is 6.78. The topological polar surface area (TPSA) is 63.4 Å². The predicted octanol–water partition coefficient (Wildman–Crippen LogP) is 2.65. The summed E-state index contributed by atoms with van der Waals surface area (Å²) in [7, 11) is -3.51. The third kappa shape index (κ3) is 3.04. The van der Waals surface area contributed by atoms with Crippen LogP contribution in [0.25, 0.3) is 0 Å². The molecule has 4 nitrogen and oxygen atoms in total. The van der Waals surface area contributed by atoms with Gasteiger partial charge >= 0.3 is 0 Å². The van der Waals surface area contributed by atoms with Crippen LogP contribution < -0.4 is 5.73 Å². The maximum atomic E-state index is 12.7. The van der Waals surface area contributed by atoms with Crippen molar-refractivity contribution in [1.29, 1.82) is 0 Å². The molecule has 2 rings (SSSR count). The Morgan fingerprint density at radius 2 is 2.05 bits per heavy atom. The maximum absolute atomic E-state index is 12.7. The second-order valence-electron chi connectivity index (χ2n) is 5.02. The predicted molar refractivity (Wildman–Crippen MR) is 77.8 cm³/mol. The normalized spacial score (nSPS) is 16.0. The highest BCUT2D eigenvalue weighted by molar-refractivity contribution is 7.89. The zero-order chi connectivity index (χ0) is 14.2. The van der Waals surface area contributed by atoms with E-state index in [4.69, 9.17) is 17.3 Å². The molecule has 19 heavy (non-hydrogen) atoms. The van der Waals surface area contributed by atoms with Crippen LogP contribution in [-0.4, -0.2) is 25.8 Å². The van der Waals surface area contributed by atoms with E-state index in [1.54, 1.807) is 13.0 Å². The Morgan fingerprint density at radius 1 is 1.42 bits per heavy atom. The number of sulfonamides is 1. The lowest BCUT2D eigenvalue weighted by atomic mass is 10.2. The number of anilines is 1. The van der Waals surface area contributed by atoms with Gasteiger partial charge in [-0.15, -0.1) is 0 Å². The van der Waals surface area contributed by atoms with Crippen molar-refractivity contribution in [2.45, 2.75) is 31.6 Å². The van der Waals surface area contributed by atoms with Crippen LogP contribution in [0.1, 0.15) is 25.3 Å². The fraction of sp³-hybridized carbons (Fsp3) is 0.538. The van der Waals surface area contributed by atoms with E-state index in [1.807, 2.05) is 6.92 Å². The Hall–Kier alpha value is -0.780. The number of hydrogen-bond acceptors (Lipinski definition) is 3. The van der Waals surface area contributed by atoms with Gasteiger partial charge in [0.1, 0.15) is 0 Å². The molecule has 1 aliphatic carbocycles. The number of nitrogens with two attached hydrogens (primary N) is 1. The minimum atomic E-state index is -3.51. The van der Waals surface area contributed by atoms with E-state index >= 15 is 0 Å². The van der Waals surface area contributed by atoms with Gasteiger partial charge in [0.25, 0.3) is 0 Å². The molecule has 106 valence electrons. The molecule has 0 aliphatic heterocycles. The standard InChI is InChI=1S/C13H19ClN2O2S/c1-3-16(8-10-4-5-10)19(17,18)13-7-11(14)6-12(15)9(13)2/h6-7,10H,3-5,8,15H2,1-2H3. The van der Waals surface area contributed by atoms with Gasteiger partial charge in [-0.05, 0) is 43.4 Å². The Morgan fingerprint density at radius 3 is 2.58 bits per heavy atom. The van der Waals surface area contributed by atoms with Crippen molar-refractivity contribution in [3.8, 4) is 0 Å². The van der Waals surface area contributed by atoms with Crippen LogP contribution in [0.5, 0.6) is 0 Å². The first-order valence-electron chi connectivity index (χ1n) is 6.42. The zero-order valence-electron chi connectivity index (χ0n) is 11.2. The van der Waals surface area contributed by atoms with E-state index in [-0.39, 0.29) is 4.90 Å². The van der Waals surface area contributed by atoms with Crippen molar-refractivity contribution in [2.75, 3.05) is 18.8 Å². The van der Waals surface area contributed by atoms with E-state index in [9.17, 15) is 8.42 Å². The summed E-state index contributed by atoms with van der Waals surface area (Å²) in [4.78, 5) is 0.222. The van der Waals surface area contributed by atoms with Gasteiger partial charge in [0.2, 0.25) is 10.0 Å². The lowest BCUT2D eigenvalue weighted by Gasteiger charge is -2.22. The van der Waals surface area contributed by atoms with Crippen LogP contribution in [0.4, 0.5) is 5.69 Å². The molecule has 6 heteroatoms. The fourth-order valence-corrected chi connectivity index (χ4v) is 4.16. The van der Waals surface area contributed by atoms with Gasteiger partial charge in [0, 0.05) is 23.8 Å². The number of halogens is 1. The van der Waals surface area contributed by atoms with Gasteiger partial charge in [0.15, 0.2) is 0 Å². The molecule has 0 atom stereocenters. The van der Waals surface area contributed by atoms with Crippen LogP contribution in [0.15, 0.2) is 17.0 Å². The average molecular weight is 303 g/mol. The molecule has 2 N–H and O–H groups in total. The molecule has 0 saturated heterocycles. The highest BCUT2D eigenvalue weighted by Gasteiger charge is 2.31. The van der Waals surface area contributed by atoms with Crippen molar-refractivity contribution < 1.29 is 8.42 Å². The number of hydrogen-bond donors (Lipinski definition) is 1. The molecule has 1 aliphatic rings. The molecular formula is C13H19ClN2O2S. The lowest BCUT2D eigenvalue weighted by molar-refractivity contribution is 0.412. The van der Waals surface area contributed by atoms with Crippen LogP contribution >= 0.6 is 11.6 Å². The minimum absolute atomic E-state index is 0.222. The van der Waals surface area contributed by atoms with Gasteiger partial charge < -0.3 is 5.73 Å². The van der Waals surface area contributed by atoms with Crippen molar-refractivity contribution in [3.05, 3.63) is 22.7 Å². The molecule has 0 bridgehead atoms. The molecule has 0 unspecified atom stereocenters. The van der Waals surface area contributed by atoms with Gasteiger partial charge in [-0.1, -0.05) is 18.5 Å². The van der Waals surface area contributed by atoms with Crippen LogP contribution in [0, 0.1) is 12.8 Å². The number of nitrogens with zero attached hydrogens (tertiary/aromatic N) is 1. The van der Waals surface area contributed by atoms with E-state index in [0.29, 0.717) is 35.3 Å². The Labute approximate surface area is 119 Å². The average Bonchev–Trinajstić information content (AvgIpc) is 3.14. The smallest absolute Gasteiger partial charge is 0.243 e. The summed E-state index contributed by atoms with van der Waals surface area (Å²) >= 11 is 5.93.